The number of fused-ring (bicyclic) bond motifs is 3. The number of para-hydroxylation sites is 1. The number of benzene rings is 2. The third kappa shape index (κ3) is 1.93. The van der Waals surface area contributed by atoms with Gasteiger partial charge in [-0.25, -0.2) is 0 Å². The fraction of sp³-hybridized carbons (Fsp3) is 0.200. The van der Waals surface area contributed by atoms with Crippen molar-refractivity contribution in [2.75, 3.05) is 11.9 Å². The van der Waals surface area contributed by atoms with Crippen LogP contribution in [0.4, 0.5) is 5.69 Å². The first-order valence-electron chi connectivity index (χ1n) is 8.06. The highest BCUT2D eigenvalue weighted by Crippen LogP contribution is 2.42. The van der Waals surface area contributed by atoms with Crippen LogP contribution in [0.25, 0.3) is 21.9 Å². The molecule has 1 atom stereocenters. The zero-order valence-electron chi connectivity index (χ0n) is 14.2. The lowest BCUT2D eigenvalue weighted by atomic mass is 10.1. The molecular weight excluding hydrogens is 312 g/mol. The van der Waals surface area contributed by atoms with Gasteiger partial charge < -0.3 is 14.2 Å². The Morgan fingerprint density at radius 3 is 2.44 bits per heavy atom. The molecule has 0 saturated heterocycles. The third-order valence-electron chi connectivity index (χ3n) is 4.93. The molecule has 0 fully saturated rings. The summed E-state index contributed by atoms with van der Waals surface area (Å²) in [4.78, 5) is 3.72. The molecule has 1 aliphatic rings. The van der Waals surface area contributed by atoms with Crippen molar-refractivity contribution < 1.29 is 4.42 Å². The van der Waals surface area contributed by atoms with Crippen LogP contribution in [0.1, 0.15) is 12.5 Å². The number of aryl methyl sites for hydroxylation is 1. The lowest BCUT2D eigenvalue weighted by Gasteiger charge is -2.29. The van der Waals surface area contributed by atoms with E-state index in [0.29, 0.717) is 11.4 Å². The Hall–Kier alpha value is -3.44. The highest BCUT2D eigenvalue weighted by Gasteiger charge is 2.36. The summed E-state index contributed by atoms with van der Waals surface area (Å²) in [7, 11) is 1.83. The second kappa shape index (κ2) is 5.29. The first kappa shape index (κ1) is 15.1. The maximum atomic E-state index is 9.68. The van der Waals surface area contributed by atoms with Crippen molar-refractivity contribution >= 4 is 27.6 Å². The second-order valence-electron chi connectivity index (χ2n) is 6.24. The predicted octanol–water partition coefficient (Wildman–Crippen LogP) is 4.25. The Balaban J connectivity index is 2.08. The molecule has 2 aromatic carbocycles. The van der Waals surface area contributed by atoms with Crippen LogP contribution in [0.5, 0.6) is 0 Å². The second-order valence-corrected chi connectivity index (χ2v) is 6.24. The van der Waals surface area contributed by atoms with Crippen molar-refractivity contribution in [2.45, 2.75) is 20.0 Å². The first-order chi connectivity index (χ1) is 12.1. The summed E-state index contributed by atoms with van der Waals surface area (Å²) in [5, 5.41) is 21.2. The number of allylic oxidation sites excluding steroid dienone is 2. The summed E-state index contributed by atoms with van der Waals surface area (Å²) >= 11 is 0. The Bertz CT molecular complexity index is 1130. The number of nitriles is 2. The molecule has 0 spiro atoms. The molecule has 0 radical (unpaired) electrons. The molecule has 0 N–H and O–H groups in total. The van der Waals surface area contributed by atoms with Gasteiger partial charge in [-0.2, -0.15) is 10.5 Å². The van der Waals surface area contributed by atoms with Crippen LogP contribution in [0, 0.1) is 29.6 Å². The van der Waals surface area contributed by atoms with E-state index in [0.717, 1.165) is 33.2 Å². The molecule has 122 valence electrons. The molecular formula is C20H16N4O. The minimum absolute atomic E-state index is 0.151. The zero-order valence-corrected chi connectivity index (χ0v) is 14.2. The molecule has 0 aliphatic carbocycles. The van der Waals surface area contributed by atoms with Crippen LogP contribution in [0.3, 0.4) is 0 Å². The van der Waals surface area contributed by atoms with Crippen LogP contribution in [0.15, 0.2) is 52.2 Å². The van der Waals surface area contributed by atoms with Crippen LogP contribution in [-0.2, 0) is 0 Å². The Kier molecular flexibility index (Phi) is 3.20. The van der Waals surface area contributed by atoms with Gasteiger partial charge >= 0.3 is 0 Å². The van der Waals surface area contributed by atoms with Crippen molar-refractivity contribution in [2.24, 2.45) is 0 Å². The van der Waals surface area contributed by atoms with Gasteiger partial charge in [0.05, 0.1) is 5.69 Å². The molecule has 0 unspecified atom stereocenters. The minimum atomic E-state index is -0.151. The maximum absolute atomic E-state index is 9.68. The zero-order chi connectivity index (χ0) is 17.7. The van der Waals surface area contributed by atoms with Gasteiger partial charge in [0, 0.05) is 17.8 Å². The van der Waals surface area contributed by atoms with E-state index in [1.165, 1.54) is 0 Å². The van der Waals surface area contributed by atoms with E-state index in [1.807, 2.05) is 67.1 Å². The predicted molar refractivity (Wildman–Crippen MR) is 96.4 cm³/mol. The molecule has 2 heterocycles. The Morgan fingerprint density at radius 1 is 1.00 bits per heavy atom. The molecule has 4 rings (SSSR count). The number of rotatable bonds is 1. The van der Waals surface area contributed by atoms with Crippen LogP contribution in [-0.4, -0.2) is 18.1 Å². The van der Waals surface area contributed by atoms with Crippen molar-refractivity contribution in [3.05, 3.63) is 53.4 Å². The number of hydrogen-bond donors (Lipinski definition) is 0. The SMILES string of the molecule is Cc1ccc2c(oc3ccccc32)c1N1C(C#N)=C(C#N)N(C)[C@@H]1C. The van der Waals surface area contributed by atoms with Gasteiger partial charge in [-0.05, 0) is 25.5 Å². The number of hydrogen-bond acceptors (Lipinski definition) is 5. The van der Waals surface area contributed by atoms with E-state index in [1.54, 1.807) is 0 Å². The summed E-state index contributed by atoms with van der Waals surface area (Å²) in [6.45, 7) is 3.97. The van der Waals surface area contributed by atoms with Crippen molar-refractivity contribution in [1.29, 1.82) is 10.5 Å². The average molecular weight is 328 g/mol. The standard InChI is InChI=1S/C20H16N4O/c1-12-8-9-15-14-6-4-5-7-18(14)25-20(15)19(12)24-13(2)23(3)16(10-21)17(24)11-22/h4-9,13H,1-3H3/t13-/m0/s1. The van der Waals surface area contributed by atoms with Crippen molar-refractivity contribution in [3.63, 3.8) is 0 Å². The highest BCUT2D eigenvalue weighted by molar-refractivity contribution is 6.10. The van der Waals surface area contributed by atoms with Gasteiger partial charge in [-0.3, -0.25) is 0 Å². The molecule has 0 saturated carbocycles. The summed E-state index contributed by atoms with van der Waals surface area (Å²) in [5.41, 5.74) is 4.13. The van der Waals surface area contributed by atoms with E-state index in [-0.39, 0.29) is 6.17 Å². The topological polar surface area (TPSA) is 67.2 Å². The number of nitrogens with zero attached hydrogens (tertiary/aromatic N) is 4. The lowest BCUT2D eigenvalue weighted by molar-refractivity contribution is 0.367. The largest absolute Gasteiger partial charge is 0.454 e. The monoisotopic (exact) mass is 328 g/mol. The van der Waals surface area contributed by atoms with Gasteiger partial charge in [0.25, 0.3) is 0 Å². The van der Waals surface area contributed by atoms with Gasteiger partial charge in [-0.15, -0.1) is 0 Å². The fourth-order valence-corrected chi connectivity index (χ4v) is 3.54. The summed E-state index contributed by atoms with van der Waals surface area (Å²) in [5.74, 6) is 0. The number of furan rings is 1. The van der Waals surface area contributed by atoms with E-state index >= 15 is 0 Å². The number of anilines is 1. The molecule has 25 heavy (non-hydrogen) atoms. The molecule has 0 amide bonds. The lowest BCUT2D eigenvalue weighted by Crippen LogP contribution is -2.36. The van der Waals surface area contributed by atoms with Gasteiger partial charge in [0.2, 0.25) is 0 Å². The summed E-state index contributed by atoms with van der Waals surface area (Å²) < 4.78 is 6.15. The third-order valence-corrected chi connectivity index (χ3v) is 4.93. The minimum Gasteiger partial charge on any atom is -0.454 e. The Morgan fingerprint density at radius 2 is 1.72 bits per heavy atom. The van der Waals surface area contributed by atoms with Gasteiger partial charge in [0.15, 0.2) is 17.0 Å². The van der Waals surface area contributed by atoms with Crippen molar-refractivity contribution in [1.82, 2.24) is 4.90 Å². The Labute approximate surface area is 145 Å². The average Bonchev–Trinajstić information content (AvgIpc) is 3.11. The molecule has 3 aromatic rings. The van der Waals surface area contributed by atoms with E-state index in [2.05, 4.69) is 12.1 Å². The van der Waals surface area contributed by atoms with Gasteiger partial charge in [0.1, 0.15) is 23.9 Å². The molecule has 1 aliphatic heterocycles. The summed E-state index contributed by atoms with van der Waals surface area (Å²) in [6, 6.07) is 16.3. The van der Waals surface area contributed by atoms with Crippen LogP contribution < -0.4 is 4.90 Å². The quantitative estimate of drug-likeness (QED) is 0.668. The smallest absolute Gasteiger partial charge is 0.159 e. The molecule has 1 aromatic heterocycles. The van der Waals surface area contributed by atoms with E-state index < -0.39 is 0 Å². The fourth-order valence-electron chi connectivity index (χ4n) is 3.54. The molecule has 0 bridgehead atoms. The highest BCUT2D eigenvalue weighted by atomic mass is 16.3. The normalized spacial score (nSPS) is 17.4. The van der Waals surface area contributed by atoms with Crippen molar-refractivity contribution in [3.8, 4) is 12.1 Å². The summed E-state index contributed by atoms with van der Waals surface area (Å²) in [6.07, 6.45) is -0.151. The molecule has 5 nitrogen and oxygen atoms in total. The maximum Gasteiger partial charge on any atom is 0.159 e. The molecule has 5 heteroatoms. The first-order valence-corrected chi connectivity index (χ1v) is 8.06. The van der Waals surface area contributed by atoms with Crippen LogP contribution >= 0.6 is 0 Å². The van der Waals surface area contributed by atoms with E-state index in [9.17, 15) is 10.5 Å². The van der Waals surface area contributed by atoms with Crippen LogP contribution in [0.2, 0.25) is 0 Å². The van der Waals surface area contributed by atoms with E-state index in [4.69, 9.17) is 4.42 Å². The van der Waals surface area contributed by atoms with Gasteiger partial charge in [-0.1, -0.05) is 30.3 Å².